The fraction of sp³-hybridized carbons (Fsp3) is 0.900. The Balaban J connectivity index is 2.28. The van der Waals surface area contributed by atoms with Gasteiger partial charge in [0.05, 0.1) is 18.8 Å². The molecule has 1 N–H and O–H groups in total. The maximum atomic E-state index is 11.6. The Morgan fingerprint density at radius 1 is 1.71 bits per heavy atom. The summed E-state index contributed by atoms with van der Waals surface area (Å²) in [4.78, 5) is 13.3. The Hall–Kier alpha value is -0.610. The number of ether oxygens (including phenoxy) is 1. The maximum Gasteiger partial charge on any atom is 0.222 e. The number of amides is 1. The highest BCUT2D eigenvalue weighted by atomic mass is 16.5. The van der Waals surface area contributed by atoms with Gasteiger partial charge in [0.15, 0.2) is 0 Å². The Morgan fingerprint density at radius 3 is 2.93 bits per heavy atom. The first-order valence-corrected chi connectivity index (χ1v) is 5.12. The van der Waals surface area contributed by atoms with E-state index in [1.165, 1.54) is 0 Å². The standard InChI is InChI=1S/C10H19NO3/c1-8(12)3-4-10(13)11(2)9-5-6-14-7-9/h8-9,12H,3-7H2,1-2H3. The fourth-order valence-electron chi connectivity index (χ4n) is 1.54. The van der Waals surface area contributed by atoms with Gasteiger partial charge in [-0.05, 0) is 19.8 Å². The van der Waals surface area contributed by atoms with Crippen LogP contribution in [0.5, 0.6) is 0 Å². The number of nitrogens with zero attached hydrogens (tertiary/aromatic N) is 1. The van der Waals surface area contributed by atoms with Crippen molar-refractivity contribution in [2.24, 2.45) is 0 Å². The lowest BCUT2D eigenvalue weighted by Crippen LogP contribution is -2.37. The average molecular weight is 201 g/mol. The van der Waals surface area contributed by atoms with Crippen LogP contribution in [-0.4, -0.2) is 48.3 Å². The first-order chi connectivity index (χ1) is 6.61. The maximum absolute atomic E-state index is 11.6. The number of hydrogen-bond acceptors (Lipinski definition) is 3. The van der Waals surface area contributed by atoms with Gasteiger partial charge in [0.2, 0.25) is 5.91 Å². The summed E-state index contributed by atoms with van der Waals surface area (Å²) in [7, 11) is 1.81. The van der Waals surface area contributed by atoms with Gasteiger partial charge in [-0.15, -0.1) is 0 Å². The van der Waals surface area contributed by atoms with Crippen LogP contribution in [0.1, 0.15) is 26.2 Å². The van der Waals surface area contributed by atoms with Crippen molar-refractivity contribution in [2.75, 3.05) is 20.3 Å². The monoisotopic (exact) mass is 201 g/mol. The Bertz CT molecular complexity index is 188. The summed E-state index contributed by atoms with van der Waals surface area (Å²) >= 11 is 0. The van der Waals surface area contributed by atoms with E-state index < -0.39 is 6.10 Å². The summed E-state index contributed by atoms with van der Waals surface area (Å²) in [5, 5.41) is 9.05. The molecule has 14 heavy (non-hydrogen) atoms. The quantitative estimate of drug-likeness (QED) is 0.716. The van der Waals surface area contributed by atoms with Gasteiger partial charge in [-0.25, -0.2) is 0 Å². The van der Waals surface area contributed by atoms with Gasteiger partial charge in [0.1, 0.15) is 0 Å². The van der Waals surface area contributed by atoms with Crippen molar-refractivity contribution < 1.29 is 14.6 Å². The molecule has 1 aliphatic heterocycles. The molecule has 4 heteroatoms. The van der Waals surface area contributed by atoms with E-state index in [2.05, 4.69) is 0 Å². The lowest BCUT2D eigenvalue weighted by atomic mass is 10.1. The molecule has 0 aliphatic carbocycles. The van der Waals surface area contributed by atoms with Crippen LogP contribution in [0.4, 0.5) is 0 Å². The van der Waals surface area contributed by atoms with E-state index in [9.17, 15) is 4.79 Å². The summed E-state index contributed by atoms with van der Waals surface area (Å²) in [5.74, 6) is 0.0985. The van der Waals surface area contributed by atoms with Crippen LogP contribution >= 0.6 is 0 Å². The van der Waals surface area contributed by atoms with Crippen LogP contribution in [0.3, 0.4) is 0 Å². The molecule has 0 radical (unpaired) electrons. The third kappa shape index (κ3) is 3.27. The molecule has 0 aromatic carbocycles. The predicted molar refractivity (Wildman–Crippen MR) is 52.9 cm³/mol. The van der Waals surface area contributed by atoms with Crippen molar-refractivity contribution in [3.05, 3.63) is 0 Å². The molecule has 0 aromatic heterocycles. The average Bonchev–Trinajstić information content (AvgIpc) is 2.65. The van der Waals surface area contributed by atoms with Crippen molar-refractivity contribution in [1.29, 1.82) is 0 Å². The molecule has 0 aromatic rings. The second-order valence-corrected chi connectivity index (χ2v) is 3.91. The van der Waals surface area contributed by atoms with Gasteiger partial charge in [-0.2, -0.15) is 0 Å². The van der Waals surface area contributed by atoms with Gasteiger partial charge in [-0.3, -0.25) is 4.79 Å². The predicted octanol–water partition coefficient (Wildman–Crippen LogP) is 0.395. The van der Waals surface area contributed by atoms with Crippen molar-refractivity contribution in [3.8, 4) is 0 Å². The molecule has 1 rings (SSSR count). The molecule has 4 nitrogen and oxygen atoms in total. The summed E-state index contributed by atoms with van der Waals surface area (Å²) < 4.78 is 5.21. The molecule has 0 spiro atoms. The van der Waals surface area contributed by atoms with Crippen LogP contribution in [-0.2, 0) is 9.53 Å². The van der Waals surface area contributed by atoms with Gasteiger partial charge in [-0.1, -0.05) is 0 Å². The Kier molecular flexibility index (Phi) is 4.35. The van der Waals surface area contributed by atoms with E-state index in [1.54, 1.807) is 11.8 Å². The van der Waals surface area contributed by atoms with Crippen LogP contribution in [0.15, 0.2) is 0 Å². The topological polar surface area (TPSA) is 49.8 Å². The molecular formula is C10H19NO3. The molecule has 1 heterocycles. The van der Waals surface area contributed by atoms with Gasteiger partial charge < -0.3 is 14.7 Å². The number of rotatable bonds is 4. The molecule has 2 unspecified atom stereocenters. The third-order valence-corrected chi connectivity index (χ3v) is 2.62. The van der Waals surface area contributed by atoms with Crippen LogP contribution in [0.2, 0.25) is 0 Å². The minimum Gasteiger partial charge on any atom is -0.393 e. The van der Waals surface area contributed by atoms with Crippen molar-refractivity contribution >= 4 is 5.91 Å². The summed E-state index contributed by atoms with van der Waals surface area (Å²) in [6.07, 6.45) is 1.49. The SMILES string of the molecule is CC(O)CCC(=O)N(C)C1CCOC1. The number of aliphatic hydroxyl groups excluding tert-OH is 1. The van der Waals surface area contributed by atoms with E-state index >= 15 is 0 Å². The molecule has 82 valence electrons. The molecule has 0 saturated carbocycles. The van der Waals surface area contributed by atoms with E-state index in [4.69, 9.17) is 9.84 Å². The fourth-order valence-corrected chi connectivity index (χ4v) is 1.54. The highest BCUT2D eigenvalue weighted by Gasteiger charge is 2.23. The zero-order chi connectivity index (χ0) is 10.6. The smallest absolute Gasteiger partial charge is 0.222 e. The molecule has 0 bridgehead atoms. The van der Waals surface area contributed by atoms with Gasteiger partial charge in [0.25, 0.3) is 0 Å². The largest absolute Gasteiger partial charge is 0.393 e. The van der Waals surface area contributed by atoms with E-state index in [0.29, 0.717) is 19.4 Å². The third-order valence-electron chi connectivity index (χ3n) is 2.62. The van der Waals surface area contributed by atoms with Crippen molar-refractivity contribution in [2.45, 2.75) is 38.3 Å². The second kappa shape index (κ2) is 5.32. The number of carbonyl (C=O) groups excluding carboxylic acids is 1. The first kappa shape index (κ1) is 11.5. The molecular weight excluding hydrogens is 182 g/mol. The first-order valence-electron chi connectivity index (χ1n) is 5.12. The number of likely N-dealkylation sites (N-methyl/N-ethyl adjacent to an activating group) is 1. The molecule has 2 atom stereocenters. The Morgan fingerprint density at radius 2 is 2.43 bits per heavy atom. The molecule has 1 saturated heterocycles. The lowest BCUT2D eigenvalue weighted by Gasteiger charge is -2.23. The van der Waals surface area contributed by atoms with Crippen molar-refractivity contribution in [1.82, 2.24) is 4.90 Å². The van der Waals surface area contributed by atoms with E-state index in [0.717, 1.165) is 13.0 Å². The lowest BCUT2D eigenvalue weighted by molar-refractivity contribution is -0.132. The second-order valence-electron chi connectivity index (χ2n) is 3.91. The van der Waals surface area contributed by atoms with Gasteiger partial charge >= 0.3 is 0 Å². The summed E-state index contributed by atoms with van der Waals surface area (Å²) in [5.41, 5.74) is 0. The molecule has 1 aliphatic rings. The minimum absolute atomic E-state index is 0.0985. The normalized spacial score (nSPS) is 23.5. The highest BCUT2D eigenvalue weighted by molar-refractivity contribution is 5.76. The summed E-state index contributed by atoms with van der Waals surface area (Å²) in [6.45, 7) is 3.10. The highest BCUT2D eigenvalue weighted by Crippen LogP contribution is 2.12. The van der Waals surface area contributed by atoms with E-state index in [-0.39, 0.29) is 11.9 Å². The molecule has 1 amide bonds. The summed E-state index contributed by atoms with van der Waals surface area (Å²) in [6, 6.07) is 0.233. The Labute approximate surface area is 84.8 Å². The zero-order valence-corrected chi connectivity index (χ0v) is 8.90. The van der Waals surface area contributed by atoms with Crippen LogP contribution in [0.25, 0.3) is 0 Å². The number of carbonyl (C=O) groups is 1. The van der Waals surface area contributed by atoms with Crippen LogP contribution < -0.4 is 0 Å². The van der Waals surface area contributed by atoms with E-state index in [1.807, 2.05) is 7.05 Å². The van der Waals surface area contributed by atoms with Gasteiger partial charge in [0, 0.05) is 20.1 Å². The van der Waals surface area contributed by atoms with Crippen molar-refractivity contribution in [3.63, 3.8) is 0 Å². The van der Waals surface area contributed by atoms with Crippen LogP contribution in [0, 0.1) is 0 Å². The minimum atomic E-state index is -0.396. The number of aliphatic hydroxyl groups is 1. The molecule has 1 fully saturated rings. The number of hydrogen-bond donors (Lipinski definition) is 1. The zero-order valence-electron chi connectivity index (χ0n) is 8.90.